The molecule has 0 fully saturated rings. The van der Waals surface area contributed by atoms with Crippen LogP contribution in [0.5, 0.6) is 0 Å². The second-order valence-corrected chi connectivity index (χ2v) is 0.436. The van der Waals surface area contributed by atoms with Gasteiger partial charge in [-0.2, -0.15) is 0 Å². The van der Waals surface area contributed by atoms with Gasteiger partial charge in [0, 0.05) is 6.54 Å². The summed E-state index contributed by atoms with van der Waals surface area (Å²) in [4.78, 5) is 0. The van der Waals surface area contributed by atoms with Gasteiger partial charge in [-0.25, -0.2) is 0 Å². The molecule has 0 aliphatic rings. The Balaban J connectivity index is 1.97. The van der Waals surface area contributed by atoms with Gasteiger partial charge in [0.2, 0.25) is 0 Å². The van der Waals surface area contributed by atoms with E-state index >= 15 is 0 Å². The maximum Gasteiger partial charge on any atom is 0.0452 e. The molecule has 4 heavy (non-hydrogen) atoms. The zero-order valence-electron chi connectivity index (χ0n) is 2.53. The molecule has 0 heterocycles. The number of hydrogen-bond acceptors (Lipinski definition) is 0. The first-order valence-corrected chi connectivity index (χ1v) is 1.19. The third-order valence-corrected chi connectivity index (χ3v) is 0.120. The molecule has 0 aromatic heterocycles. The topological polar surface area (TPSA) is 14.1 Å². The zero-order chi connectivity index (χ0) is 3.41. The Morgan fingerprint density at radius 3 is 2.25 bits per heavy atom. The quantitative estimate of drug-likeness (QED) is 0.420. The average Bonchev–Trinajstić information content (AvgIpc) is 1.37. The Bertz CT molecular complexity index is 8.00. The van der Waals surface area contributed by atoms with Crippen molar-refractivity contribution in [2.75, 3.05) is 6.54 Å². The van der Waals surface area contributed by atoms with E-state index in [0.717, 1.165) is 0 Å². The maximum atomic E-state index is 10.3. The molecule has 2 heteroatoms. The lowest BCUT2D eigenvalue weighted by Crippen LogP contribution is -1.82. The lowest BCUT2D eigenvalue weighted by Gasteiger charge is -1.64. The summed E-state index contributed by atoms with van der Waals surface area (Å²) in [6.45, 7) is 1.92. The smallest absolute Gasteiger partial charge is 0.0452 e. The zero-order valence-corrected chi connectivity index (χ0v) is 2.53. The van der Waals surface area contributed by atoms with Crippen LogP contribution >= 0.6 is 0 Å². The molecule has 0 spiro atoms. The van der Waals surface area contributed by atoms with E-state index in [1.807, 2.05) is 0 Å². The Hall–Kier alpha value is -0.110. The Kier molecular flexibility index (Phi) is 2.81. The van der Waals surface area contributed by atoms with Crippen LogP contribution in [0.4, 0.5) is 4.48 Å². The molecular formula is C2H5FN. The lowest BCUT2D eigenvalue weighted by atomic mass is 10.8. The normalized spacial score (nSPS) is 7.50. The van der Waals surface area contributed by atoms with E-state index in [-0.39, 0.29) is 6.54 Å². The van der Waals surface area contributed by atoms with E-state index < -0.39 is 0 Å². The summed E-state index contributed by atoms with van der Waals surface area (Å²) in [7, 11) is 0. The maximum absolute atomic E-state index is 10.3. The highest BCUT2D eigenvalue weighted by Gasteiger charge is 1.60. The van der Waals surface area contributed by atoms with Crippen LogP contribution in [0.25, 0.3) is 0 Å². The first kappa shape index (κ1) is 3.89. The van der Waals surface area contributed by atoms with Gasteiger partial charge in [0.1, 0.15) is 0 Å². The summed E-state index contributed by atoms with van der Waals surface area (Å²) in [5.74, 6) is 0. The minimum Gasteiger partial charge on any atom is -0.116 e. The van der Waals surface area contributed by atoms with Crippen LogP contribution in [0.1, 0.15) is 6.92 Å². The van der Waals surface area contributed by atoms with Crippen LogP contribution in [0.2, 0.25) is 0 Å². The predicted octanol–water partition coefficient (Wildman–Crippen LogP) is 0.495. The van der Waals surface area contributed by atoms with Crippen LogP contribution in [-0.4, -0.2) is 6.54 Å². The molecule has 0 N–H and O–H groups in total. The fraction of sp³-hybridized carbons (Fsp3) is 1.00. The number of rotatable bonds is 1. The van der Waals surface area contributed by atoms with Crippen LogP contribution < -0.4 is 5.54 Å². The molecule has 0 rings (SSSR count). The summed E-state index contributed by atoms with van der Waals surface area (Å²) in [5.41, 5.74) is 2.24. The first-order valence-electron chi connectivity index (χ1n) is 1.19. The molecule has 0 saturated heterocycles. The van der Waals surface area contributed by atoms with E-state index in [0.29, 0.717) is 0 Å². The van der Waals surface area contributed by atoms with Crippen LogP contribution in [0.3, 0.4) is 0 Å². The average molecular weight is 62.1 g/mol. The Labute approximate surface area is 24.8 Å². The van der Waals surface area contributed by atoms with Crippen molar-refractivity contribution in [3.8, 4) is 0 Å². The fourth-order valence-corrected chi connectivity index (χ4v) is 0. The largest absolute Gasteiger partial charge is 0.116 e. The van der Waals surface area contributed by atoms with Crippen LogP contribution in [0, 0.1) is 0 Å². The van der Waals surface area contributed by atoms with Crippen molar-refractivity contribution >= 4 is 0 Å². The number of hydrogen-bond donors (Lipinski definition) is 0. The highest BCUT2D eigenvalue weighted by atomic mass is 19.2. The molecule has 0 saturated carbocycles. The van der Waals surface area contributed by atoms with Crippen molar-refractivity contribution in [1.29, 1.82) is 0 Å². The van der Waals surface area contributed by atoms with E-state index in [2.05, 4.69) is 5.54 Å². The van der Waals surface area contributed by atoms with E-state index in [1.54, 1.807) is 6.92 Å². The van der Waals surface area contributed by atoms with E-state index in [4.69, 9.17) is 0 Å². The van der Waals surface area contributed by atoms with Gasteiger partial charge in [0.15, 0.2) is 0 Å². The first-order chi connectivity index (χ1) is 1.91. The standard InChI is InChI=1S/C2H5FN/c1-2-4-3/h2H2,1H3. The molecule has 0 aliphatic heterocycles. The molecule has 0 amide bonds. The summed E-state index contributed by atoms with van der Waals surface area (Å²) in [6, 6.07) is 0. The second-order valence-electron chi connectivity index (χ2n) is 0.436. The third kappa shape index (κ3) is 1.89. The molecule has 1 nitrogen and oxygen atoms in total. The Morgan fingerprint density at radius 1 is 2.00 bits per heavy atom. The SMILES string of the molecule is CC[N]F. The van der Waals surface area contributed by atoms with Gasteiger partial charge in [-0.15, -0.1) is 4.48 Å². The highest BCUT2D eigenvalue weighted by molar-refractivity contribution is 4.04. The van der Waals surface area contributed by atoms with Crippen LogP contribution in [-0.2, 0) is 0 Å². The minimum absolute atomic E-state index is 0.278. The van der Waals surface area contributed by atoms with Gasteiger partial charge in [-0.1, -0.05) is 0 Å². The summed E-state index contributed by atoms with van der Waals surface area (Å²) in [5, 5.41) is 0. The van der Waals surface area contributed by atoms with Gasteiger partial charge >= 0.3 is 0 Å². The van der Waals surface area contributed by atoms with Crippen molar-refractivity contribution in [3.63, 3.8) is 0 Å². The van der Waals surface area contributed by atoms with Gasteiger partial charge in [0.05, 0.1) is 0 Å². The monoisotopic (exact) mass is 62.0 g/mol. The molecule has 0 aromatic rings. The van der Waals surface area contributed by atoms with Crippen LogP contribution in [0.15, 0.2) is 0 Å². The Morgan fingerprint density at radius 2 is 2.25 bits per heavy atom. The molecule has 0 atom stereocenters. The molecule has 0 aromatic carbocycles. The molecule has 1 radical (unpaired) electrons. The third-order valence-electron chi connectivity index (χ3n) is 0.120. The van der Waals surface area contributed by atoms with E-state index in [1.165, 1.54) is 0 Å². The number of nitrogens with zero attached hydrogens (tertiary/aromatic N) is 1. The van der Waals surface area contributed by atoms with Gasteiger partial charge in [0.25, 0.3) is 0 Å². The highest BCUT2D eigenvalue weighted by Crippen LogP contribution is 1.50. The minimum atomic E-state index is 0.278. The number of halogens is 1. The summed E-state index contributed by atoms with van der Waals surface area (Å²) in [6.07, 6.45) is 0. The molecule has 25 valence electrons. The van der Waals surface area contributed by atoms with Gasteiger partial charge < -0.3 is 0 Å². The van der Waals surface area contributed by atoms with Crippen molar-refractivity contribution in [3.05, 3.63) is 0 Å². The fourth-order valence-electron chi connectivity index (χ4n) is 0. The van der Waals surface area contributed by atoms with E-state index in [9.17, 15) is 4.48 Å². The van der Waals surface area contributed by atoms with Gasteiger partial charge in [-0.05, 0) is 12.5 Å². The molecule has 0 aliphatic carbocycles. The molecular weight excluding hydrogens is 57.0 g/mol. The van der Waals surface area contributed by atoms with Crippen molar-refractivity contribution < 1.29 is 4.48 Å². The van der Waals surface area contributed by atoms with Gasteiger partial charge in [-0.3, -0.25) is 0 Å². The summed E-state index contributed by atoms with van der Waals surface area (Å²) >= 11 is 0. The predicted molar refractivity (Wildman–Crippen MR) is 13.8 cm³/mol. The van der Waals surface area contributed by atoms with Crippen molar-refractivity contribution in [2.24, 2.45) is 0 Å². The lowest BCUT2D eigenvalue weighted by molar-refractivity contribution is 0.333. The summed E-state index contributed by atoms with van der Waals surface area (Å²) < 4.78 is 10.3. The second kappa shape index (κ2) is 2.89. The molecule has 0 unspecified atom stereocenters. The van der Waals surface area contributed by atoms with Crippen molar-refractivity contribution in [1.82, 2.24) is 5.54 Å². The molecule has 0 bridgehead atoms. The van der Waals surface area contributed by atoms with Crippen molar-refractivity contribution in [2.45, 2.75) is 6.92 Å².